The van der Waals surface area contributed by atoms with Gasteiger partial charge in [0.15, 0.2) is 41.2 Å². The fourth-order valence-electron chi connectivity index (χ4n) is 4.02. The van der Waals surface area contributed by atoms with E-state index >= 15 is 0 Å². The van der Waals surface area contributed by atoms with Gasteiger partial charge in [-0.05, 0) is 37.3 Å². The van der Waals surface area contributed by atoms with Crippen molar-refractivity contribution in [3.63, 3.8) is 0 Å². The van der Waals surface area contributed by atoms with Gasteiger partial charge in [0.2, 0.25) is 5.28 Å². The fraction of sp³-hybridized carbons (Fsp3) is 0.600. The maximum atomic E-state index is 11.2. The first-order valence-electron chi connectivity index (χ1n) is 11.0. The smallest absolute Gasteiger partial charge is 0.293 e. The molecule has 0 unspecified atom stereocenters. The molecular weight excluding hydrogens is 454 g/mol. The first kappa shape index (κ1) is 22.0. The summed E-state index contributed by atoms with van der Waals surface area (Å²) in [6, 6.07) is 0.183. The van der Waals surface area contributed by atoms with Gasteiger partial charge in [0.25, 0.3) is 12.4 Å². The SMILES string of the molecule is CCC(CC)Nc1nc(Cl)nc2c1ncn2[C@@H]1O[C@H](c2nc(C3CC3)no2)[C@@H](O)[C@H]1OC=O. The Morgan fingerprint density at radius 3 is 2.82 bits per heavy atom. The molecule has 1 saturated carbocycles. The summed E-state index contributed by atoms with van der Waals surface area (Å²) in [5.74, 6) is 1.48. The number of nitrogens with one attached hydrogen (secondary N) is 1. The second kappa shape index (κ2) is 8.84. The van der Waals surface area contributed by atoms with E-state index in [0.717, 1.165) is 25.7 Å². The molecule has 2 N–H and O–H groups in total. The minimum absolute atomic E-state index is 0.0200. The first-order valence-corrected chi connectivity index (χ1v) is 11.3. The van der Waals surface area contributed by atoms with Crippen molar-refractivity contribution in [3.05, 3.63) is 23.3 Å². The monoisotopic (exact) mass is 477 g/mol. The topological polar surface area (TPSA) is 150 Å². The summed E-state index contributed by atoms with van der Waals surface area (Å²) in [6.45, 7) is 4.40. The van der Waals surface area contributed by atoms with Gasteiger partial charge in [-0.25, -0.2) is 4.98 Å². The zero-order valence-corrected chi connectivity index (χ0v) is 18.8. The van der Waals surface area contributed by atoms with Crippen molar-refractivity contribution in [3.8, 4) is 0 Å². The Bertz CT molecular complexity index is 1150. The number of imidazole rings is 1. The molecule has 0 amide bonds. The normalized spacial score (nSPS) is 25.1. The molecule has 1 saturated heterocycles. The molecule has 33 heavy (non-hydrogen) atoms. The van der Waals surface area contributed by atoms with Crippen LogP contribution in [-0.4, -0.2) is 59.5 Å². The maximum absolute atomic E-state index is 11.2. The molecule has 176 valence electrons. The minimum Gasteiger partial charge on any atom is -0.457 e. The van der Waals surface area contributed by atoms with Crippen LogP contribution >= 0.6 is 11.6 Å². The van der Waals surface area contributed by atoms with E-state index in [9.17, 15) is 9.90 Å². The van der Waals surface area contributed by atoms with Crippen LogP contribution in [0.1, 0.15) is 69.5 Å². The molecule has 5 rings (SSSR count). The van der Waals surface area contributed by atoms with Crippen LogP contribution in [0.25, 0.3) is 11.2 Å². The molecule has 0 aromatic carbocycles. The predicted octanol–water partition coefficient (Wildman–Crippen LogP) is 2.51. The van der Waals surface area contributed by atoms with Crippen molar-refractivity contribution in [2.45, 2.75) is 76.0 Å². The van der Waals surface area contributed by atoms with E-state index in [4.69, 9.17) is 25.6 Å². The fourth-order valence-corrected chi connectivity index (χ4v) is 4.19. The van der Waals surface area contributed by atoms with Crippen molar-refractivity contribution in [1.82, 2.24) is 29.7 Å². The molecule has 3 aromatic heterocycles. The average Bonchev–Trinajstić information content (AvgIpc) is 3.25. The van der Waals surface area contributed by atoms with Gasteiger partial charge in [0.05, 0.1) is 6.33 Å². The standard InChI is InChI=1S/C20H24ClN7O5/c1-3-10(4-2)23-16-11-17(26-20(21)25-16)28(7-22-11)19-14(31-8-29)12(30)13(32-19)18-24-15(27-33-18)9-5-6-9/h7-10,12-14,19,30H,3-6H2,1-2H3,(H,23,25,26)/t12-,13+,14-,19-/m1/s1. The van der Waals surface area contributed by atoms with E-state index in [-0.39, 0.29) is 29.6 Å². The number of carbonyl (C=O) groups is 1. The van der Waals surface area contributed by atoms with Crippen LogP contribution in [0.15, 0.2) is 10.9 Å². The molecule has 4 atom stereocenters. The lowest BCUT2D eigenvalue weighted by Gasteiger charge is -2.20. The van der Waals surface area contributed by atoms with Crippen molar-refractivity contribution >= 4 is 35.1 Å². The Morgan fingerprint density at radius 2 is 2.12 bits per heavy atom. The summed E-state index contributed by atoms with van der Waals surface area (Å²) in [4.78, 5) is 28.6. The maximum Gasteiger partial charge on any atom is 0.293 e. The van der Waals surface area contributed by atoms with Crippen LogP contribution in [-0.2, 0) is 14.3 Å². The number of aromatic nitrogens is 6. The zero-order valence-electron chi connectivity index (χ0n) is 18.1. The van der Waals surface area contributed by atoms with Gasteiger partial charge in [0, 0.05) is 12.0 Å². The number of hydrogen-bond acceptors (Lipinski definition) is 11. The van der Waals surface area contributed by atoms with Crippen molar-refractivity contribution in [2.75, 3.05) is 5.32 Å². The molecule has 1 aliphatic heterocycles. The Balaban J connectivity index is 1.50. The van der Waals surface area contributed by atoms with Gasteiger partial charge in [-0.1, -0.05) is 19.0 Å². The molecule has 0 bridgehead atoms. The number of carbonyl (C=O) groups excluding carboxylic acids is 1. The lowest BCUT2D eigenvalue weighted by molar-refractivity contribution is -0.142. The number of nitrogens with zero attached hydrogens (tertiary/aromatic N) is 6. The van der Waals surface area contributed by atoms with E-state index < -0.39 is 24.5 Å². The minimum atomic E-state index is -1.25. The van der Waals surface area contributed by atoms with Crippen LogP contribution in [0, 0.1) is 0 Å². The van der Waals surface area contributed by atoms with Gasteiger partial charge in [-0.15, -0.1) is 0 Å². The third-order valence-corrected chi connectivity index (χ3v) is 6.23. The number of halogens is 1. The lowest BCUT2D eigenvalue weighted by atomic mass is 10.1. The van der Waals surface area contributed by atoms with Gasteiger partial charge in [-0.3, -0.25) is 9.36 Å². The molecule has 12 nitrogen and oxygen atoms in total. The van der Waals surface area contributed by atoms with Crippen LogP contribution < -0.4 is 5.32 Å². The predicted molar refractivity (Wildman–Crippen MR) is 114 cm³/mol. The summed E-state index contributed by atoms with van der Waals surface area (Å²) in [7, 11) is 0. The highest BCUT2D eigenvalue weighted by molar-refractivity contribution is 6.28. The third-order valence-electron chi connectivity index (χ3n) is 6.06. The van der Waals surface area contributed by atoms with E-state index in [0.29, 0.717) is 22.8 Å². The number of fused-ring (bicyclic) bond motifs is 1. The lowest BCUT2D eigenvalue weighted by Crippen LogP contribution is -2.32. The third kappa shape index (κ3) is 4.02. The Labute approximate surface area is 193 Å². The van der Waals surface area contributed by atoms with Crippen molar-refractivity contribution < 1.29 is 23.9 Å². The van der Waals surface area contributed by atoms with Crippen molar-refractivity contribution in [1.29, 1.82) is 0 Å². The van der Waals surface area contributed by atoms with Gasteiger partial charge in [0.1, 0.15) is 6.10 Å². The largest absolute Gasteiger partial charge is 0.457 e. The Morgan fingerprint density at radius 1 is 1.33 bits per heavy atom. The van der Waals surface area contributed by atoms with Crippen LogP contribution in [0.5, 0.6) is 0 Å². The summed E-state index contributed by atoms with van der Waals surface area (Å²) >= 11 is 6.20. The first-order chi connectivity index (χ1) is 16.0. The quantitative estimate of drug-likeness (QED) is 0.345. The highest BCUT2D eigenvalue weighted by Crippen LogP contribution is 2.43. The summed E-state index contributed by atoms with van der Waals surface area (Å²) in [5, 5.41) is 18.2. The van der Waals surface area contributed by atoms with Gasteiger partial charge < -0.3 is 24.4 Å². The molecule has 0 radical (unpaired) electrons. The second-order valence-electron chi connectivity index (χ2n) is 8.22. The Hall–Kier alpha value is -2.83. The molecule has 2 aliphatic rings. The zero-order chi connectivity index (χ0) is 23.1. The molecule has 0 spiro atoms. The number of hydrogen-bond donors (Lipinski definition) is 2. The van der Waals surface area contributed by atoms with Crippen molar-refractivity contribution in [2.24, 2.45) is 0 Å². The Kier molecular flexibility index (Phi) is 5.89. The number of aliphatic hydroxyl groups is 1. The molecule has 13 heteroatoms. The number of rotatable bonds is 9. The van der Waals surface area contributed by atoms with Crippen LogP contribution in [0.4, 0.5) is 5.82 Å². The molecule has 2 fully saturated rings. The number of anilines is 1. The summed E-state index contributed by atoms with van der Waals surface area (Å²) < 4.78 is 18.1. The van der Waals surface area contributed by atoms with Gasteiger partial charge >= 0.3 is 0 Å². The van der Waals surface area contributed by atoms with E-state index in [1.807, 2.05) is 0 Å². The summed E-state index contributed by atoms with van der Waals surface area (Å²) in [5.41, 5.74) is 0.844. The van der Waals surface area contributed by atoms with Crippen LogP contribution in [0.2, 0.25) is 5.28 Å². The van der Waals surface area contributed by atoms with Gasteiger partial charge in [-0.2, -0.15) is 15.0 Å². The average molecular weight is 478 g/mol. The van der Waals surface area contributed by atoms with E-state index in [2.05, 4.69) is 44.3 Å². The number of aliphatic hydroxyl groups excluding tert-OH is 1. The second-order valence-corrected chi connectivity index (χ2v) is 8.56. The molecule has 4 heterocycles. The molecule has 1 aliphatic carbocycles. The van der Waals surface area contributed by atoms with E-state index in [1.54, 1.807) is 4.57 Å². The summed E-state index contributed by atoms with van der Waals surface area (Å²) in [6.07, 6.45) is 1.01. The molecule has 3 aromatic rings. The van der Waals surface area contributed by atoms with Crippen LogP contribution in [0.3, 0.4) is 0 Å². The number of ether oxygens (including phenoxy) is 2. The highest BCUT2D eigenvalue weighted by atomic mass is 35.5. The highest BCUT2D eigenvalue weighted by Gasteiger charge is 2.50. The molecular formula is C20H24ClN7O5. The van der Waals surface area contributed by atoms with E-state index in [1.165, 1.54) is 6.33 Å².